The summed E-state index contributed by atoms with van der Waals surface area (Å²) >= 11 is 0. The molecule has 0 saturated heterocycles. The second-order valence-electron chi connectivity index (χ2n) is 15.1. The molecular weight excluding hydrogens is 743 g/mol. The van der Waals surface area contributed by atoms with Gasteiger partial charge in [0.15, 0.2) is 6.10 Å². The van der Waals surface area contributed by atoms with Gasteiger partial charge in [-0.05, 0) is 51.4 Å². The number of aliphatic hydroxyl groups excluding tert-OH is 2. The topological polar surface area (TPSA) is 149 Å². The van der Waals surface area contributed by atoms with Gasteiger partial charge in [0.1, 0.15) is 12.7 Å². The number of phosphoric ester groups is 1. The van der Waals surface area contributed by atoms with Crippen LogP contribution >= 0.6 is 7.82 Å². The highest BCUT2D eigenvalue weighted by Gasteiger charge is 2.27. The molecule has 57 heavy (non-hydrogen) atoms. The van der Waals surface area contributed by atoms with Crippen molar-refractivity contribution in [2.75, 3.05) is 26.4 Å². The van der Waals surface area contributed by atoms with E-state index in [1.54, 1.807) is 0 Å². The molecule has 0 heterocycles. The molecule has 0 saturated carbocycles. The molecule has 0 aromatic heterocycles. The zero-order valence-corrected chi connectivity index (χ0v) is 36.9. The second-order valence-corrected chi connectivity index (χ2v) is 16.5. The minimum Gasteiger partial charge on any atom is -0.462 e. The summed E-state index contributed by atoms with van der Waals surface area (Å²) in [5, 5.41) is 18.3. The Labute approximate surface area is 347 Å². The average Bonchev–Trinajstić information content (AvgIpc) is 3.20. The number of hydrogen-bond donors (Lipinski definition) is 3. The number of esters is 2. The van der Waals surface area contributed by atoms with E-state index < -0.39 is 51.8 Å². The lowest BCUT2D eigenvalue weighted by atomic mass is 10.0. The molecule has 10 nitrogen and oxygen atoms in total. The van der Waals surface area contributed by atoms with E-state index in [9.17, 15) is 24.2 Å². The van der Waals surface area contributed by atoms with E-state index in [2.05, 4.69) is 67.0 Å². The standard InChI is InChI=1S/C46H83O10P/c1-3-5-7-9-11-13-15-17-19-20-21-22-24-25-27-29-31-33-35-37-45(49)53-41-44(42-55-57(51,52)54-40-43(48)39-47)56-46(50)38-36-34-32-30-28-26-23-18-16-14-12-10-8-6-4-2/h6,8,12,14,18,23,28,30,43-44,47-48H,3-5,7,9-11,13,15-17,19-22,24-27,29,31-42H2,1-2H3,(H,51,52)/b8-6-,14-12-,23-18-,30-28-/t43-,44+/m0/s1. The van der Waals surface area contributed by atoms with E-state index in [0.29, 0.717) is 12.8 Å². The Kier molecular flexibility index (Phi) is 40.5. The zero-order chi connectivity index (χ0) is 41.9. The van der Waals surface area contributed by atoms with Gasteiger partial charge in [-0.1, -0.05) is 178 Å². The first-order valence-electron chi connectivity index (χ1n) is 22.6. The highest BCUT2D eigenvalue weighted by Crippen LogP contribution is 2.43. The van der Waals surface area contributed by atoms with Crippen molar-refractivity contribution in [1.29, 1.82) is 0 Å². The van der Waals surface area contributed by atoms with E-state index in [-0.39, 0.29) is 19.4 Å². The number of unbranched alkanes of at least 4 members (excludes halogenated alkanes) is 20. The largest absolute Gasteiger partial charge is 0.472 e. The quantitative estimate of drug-likeness (QED) is 0.0235. The van der Waals surface area contributed by atoms with Crippen molar-refractivity contribution < 1.29 is 47.8 Å². The van der Waals surface area contributed by atoms with Gasteiger partial charge in [-0.25, -0.2) is 4.57 Å². The van der Waals surface area contributed by atoms with Crippen molar-refractivity contribution in [3.63, 3.8) is 0 Å². The second kappa shape index (κ2) is 42.1. The molecule has 0 aliphatic heterocycles. The number of aliphatic hydroxyl groups is 2. The first kappa shape index (κ1) is 54.9. The number of rotatable bonds is 42. The Morgan fingerprint density at radius 3 is 1.46 bits per heavy atom. The molecule has 0 bridgehead atoms. The van der Waals surface area contributed by atoms with Crippen LogP contribution in [0.2, 0.25) is 0 Å². The van der Waals surface area contributed by atoms with E-state index in [0.717, 1.165) is 57.8 Å². The lowest BCUT2D eigenvalue weighted by Crippen LogP contribution is -2.29. The van der Waals surface area contributed by atoms with Crippen molar-refractivity contribution in [2.24, 2.45) is 0 Å². The fourth-order valence-electron chi connectivity index (χ4n) is 6.04. The summed E-state index contributed by atoms with van der Waals surface area (Å²) in [5.41, 5.74) is 0. The monoisotopic (exact) mass is 827 g/mol. The van der Waals surface area contributed by atoms with Gasteiger partial charge in [-0.15, -0.1) is 0 Å². The highest BCUT2D eigenvalue weighted by molar-refractivity contribution is 7.47. The third kappa shape index (κ3) is 41.9. The Hall–Kier alpha value is -2.07. The number of ether oxygens (including phenoxy) is 2. The molecule has 0 rings (SSSR count). The Morgan fingerprint density at radius 1 is 0.544 bits per heavy atom. The molecular formula is C46H83O10P. The molecule has 0 spiro atoms. The summed E-state index contributed by atoms with van der Waals surface area (Å²) in [4.78, 5) is 35.0. The van der Waals surface area contributed by atoms with Gasteiger partial charge in [-0.3, -0.25) is 18.6 Å². The van der Waals surface area contributed by atoms with Gasteiger partial charge in [0.2, 0.25) is 0 Å². The molecule has 0 fully saturated rings. The van der Waals surface area contributed by atoms with E-state index in [4.69, 9.17) is 19.1 Å². The molecule has 0 aliphatic rings. The van der Waals surface area contributed by atoms with Gasteiger partial charge in [0, 0.05) is 12.8 Å². The zero-order valence-electron chi connectivity index (χ0n) is 36.0. The van der Waals surface area contributed by atoms with Gasteiger partial charge in [0.05, 0.1) is 19.8 Å². The minimum absolute atomic E-state index is 0.132. The molecule has 0 aliphatic carbocycles. The van der Waals surface area contributed by atoms with Crippen LogP contribution in [0.3, 0.4) is 0 Å². The summed E-state index contributed by atoms with van der Waals surface area (Å²) in [6.45, 7) is 2.23. The van der Waals surface area contributed by atoms with Crippen LogP contribution in [0.4, 0.5) is 0 Å². The smallest absolute Gasteiger partial charge is 0.462 e. The lowest BCUT2D eigenvalue weighted by molar-refractivity contribution is -0.161. The third-order valence-corrected chi connectivity index (χ3v) is 10.4. The molecule has 0 amide bonds. The van der Waals surface area contributed by atoms with Crippen LogP contribution in [0.25, 0.3) is 0 Å². The van der Waals surface area contributed by atoms with Crippen molar-refractivity contribution in [2.45, 2.75) is 206 Å². The van der Waals surface area contributed by atoms with E-state index >= 15 is 0 Å². The maximum atomic E-state index is 12.6. The average molecular weight is 827 g/mol. The fourth-order valence-corrected chi connectivity index (χ4v) is 6.83. The third-order valence-electron chi connectivity index (χ3n) is 9.50. The first-order chi connectivity index (χ1) is 27.7. The van der Waals surface area contributed by atoms with Crippen LogP contribution in [-0.4, -0.2) is 65.7 Å². The SMILES string of the molecule is CC/C=C\C/C=C\C/C=C\C/C=C\CCCCC(=O)O[C@H](COC(=O)CCCCCCCCCCCCCCCCCCCCC)COP(=O)(O)OC[C@@H](O)CO. The van der Waals surface area contributed by atoms with Gasteiger partial charge in [-0.2, -0.15) is 0 Å². The normalized spacial score (nSPS) is 14.3. The maximum absolute atomic E-state index is 12.6. The lowest BCUT2D eigenvalue weighted by Gasteiger charge is -2.20. The predicted octanol–water partition coefficient (Wildman–Crippen LogP) is 12.1. The highest BCUT2D eigenvalue weighted by atomic mass is 31.2. The van der Waals surface area contributed by atoms with Crippen LogP contribution < -0.4 is 0 Å². The number of allylic oxidation sites excluding steroid dienone is 8. The van der Waals surface area contributed by atoms with E-state index in [1.807, 2.05) is 0 Å². The van der Waals surface area contributed by atoms with Crippen molar-refractivity contribution in [3.05, 3.63) is 48.6 Å². The van der Waals surface area contributed by atoms with Crippen molar-refractivity contribution in [1.82, 2.24) is 0 Å². The first-order valence-corrected chi connectivity index (χ1v) is 24.1. The summed E-state index contributed by atoms with van der Waals surface area (Å²) in [7, 11) is -4.63. The Bertz CT molecular complexity index is 1090. The predicted molar refractivity (Wildman–Crippen MR) is 233 cm³/mol. The van der Waals surface area contributed by atoms with Gasteiger partial charge in [0.25, 0.3) is 0 Å². The van der Waals surface area contributed by atoms with Crippen molar-refractivity contribution in [3.8, 4) is 0 Å². The number of hydrogen-bond acceptors (Lipinski definition) is 9. The maximum Gasteiger partial charge on any atom is 0.472 e. The van der Waals surface area contributed by atoms with E-state index in [1.165, 1.54) is 96.3 Å². The molecule has 3 atom stereocenters. The molecule has 11 heteroatoms. The van der Waals surface area contributed by atoms with Crippen molar-refractivity contribution >= 4 is 19.8 Å². The van der Waals surface area contributed by atoms with Crippen LogP contribution in [0.1, 0.15) is 194 Å². The summed E-state index contributed by atoms with van der Waals surface area (Å²) < 4.78 is 32.7. The van der Waals surface area contributed by atoms with Crippen LogP contribution in [0, 0.1) is 0 Å². The molecule has 1 unspecified atom stereocenters. The Balaban J connectivity index is 4.28. The minimum atomic E-state index is -4.63. The van der Waals surface area contributed by atoms with Gasteiger partial charge < -0.3 is 24.6 Å². The summed E-state index contributed by atoms with van der Waals surface area (Å²) in [6, 6.07) is 0. The fraction of sp³-hybridized carbons (Fsp3) is 0.783. The van der Waals surface area contributed by atoms with Crippen LogP contribution in [-0.2, 0) is 32.7 Å². The summed E-state index contributed by atoms with van der Waals surface area (Å²) in [5.74, 6) is -0.969. The van der Waals surface area contributed by atoms with Crippen LogP contribution in [0.5, 0.6) is 0 Å². The van der Waals surface area contributed by atoms with Crippen LogP contribution in [0.15, 0.2) is 48.6 Å². The molecule has 0 aromatic rings. The molecule has 0 radical (unpaired) electrons. The van der Waals surface area contributed by atoms with Gasteiger partial charge >= 0.3 is 19.8 Å². The Morgan fingerprint density at radius 2 is 0.965 bits per heavy atom. The molecule has 3 N–H and O–H groups in total. The number of phosphoric acid groups is 1. The molecule has 332 valence electrons. The summed E-state index contributed by atoms with van der Waals surface area (Å²) in [6.07, 6.45) is 45.1. The number of carbonyl (C=O) groups is 2. The molecule has 0 aromatic carbocycles. The number of carbonyl (C=O) groups excluding carboxylic acids is 2.